The normalized spacial score (nSPS) is 20.5. The lowest BCUT2D eigenvalue weighted by atomic mass is 9.78. The van der Waals surface area contributed by atoms with E-state index in [-0.39, 0.29) is 23.8 Å². The van der Waals surface area contributed by atoms with Gasteiger partial charge in [0.1, 0.15) is 16.5 Å². The van der Waals surface area contributed by atoms with Crippen molar-refractivity contribution < 1.29 is 23.1 Å². The summed E-state index contributed by atoms with van der Waals surface area (Å²) in [5, 5.41) is 2.59. The van der Waals surface area contributed by atoms with Crippen LogP contribution in [0.1, 0.15) is 36.9 Å². The molecule has 6 rings (SSSR count). The summed E-state index contributed by atoms with van der Waals surface area (Å²) in [7, 11) is 0. The second-order valence-corrected chi connectivity index (χ2v) is 12.2. The molecule has 220 valence electrons. The lowest BCUT2D eigenvalue weighted by Gasteiger charge is -2.40. The number of piperidine rings is 2. The van der Waals surface area contributed by atoms with Gasteiger partial charge in [-0.1, -0.05) is 41.9 Å². The SMILES string of the molecule is O=C1CC(c2ccc(N3CCCCC3)cc2)(c2cccc(Oc3ccc(F)c(F)c3)n2)NC(=O)C1Sc1ccccc1Cl. The Morgan fingerprint density at radius 2 is 1.67 bits per heavy atom. The van der Waals surface area contributed by atoms with Gasteiger partial charge in [0.2, 0.25) is 11.8 Å². The fourth-order valence-electron chi connectivity index (χ4n) is 5.56. The molecule has 2 unspecified atom stereocenters. The number of aromatic nitrogens is 1. The Bertz CT molecular complexity index is 1650. The van der Waals surface area contributed by atoms with Crippen LogP contribution in [0, 0.1) is 11.6 Å². The van der Waals surface area contributed by atoms with Crippen molar-refractivity contribution in [1.29, 1.82) is 0 Å². The van der Waals surface area contributed by atoms with Crippen molar-refractivity contribution in [3.63, 3.8) is 0 Å². The molecule has 2 saturated heterocycles. The number of hydrogen-bond acceptors (Lipinski definition) is 6. The van der Waals surface area contributed by atoms with Gasteiger partial charge in [-0.15, -0.1) is 11.8 Å². The maximum absolute atomic E-state index is 13.8. The fourth-order valence-corrected chi connectivity index (χ4v) is 6.80. The maximum Gasteiger partial charge on any atom is 0.242 e. The molecule has 0 aliphatic carbocycles. The van der Waals surface area contributed by atoms with Crippen LogP contribution in [0.25, 0.3) is 0 Å². The molecule has 2 aliphatic heterocycles. The van der Waals surface area contributed by atoms with Gasteiger partial charge in [0, 0.05) is 42.2 Å². The van der Waals surface area contributed by atoms with E-state index in [0.717, 1.165) is 55.5 Å². The van der Waals surface area contributed by atoms with Crippen molar-refractivity contribution in [3.05, 3.63) is 113 Å². The molecule has 1 amide bonds. The Morgan fingerprint density at radius 3 is 2.40 bits per heavy atom. The van der Waals surface area contributed by atoms with Crippen LogP contribution in [0.4, 0.5) is 14.5 Å². The number of Topliss-reactive ketones (excluding diaryl/α,β-unsaturated/α-hetero) is 1. The summed E-state index contributed by atoms with van der Waals surface area (Å²) in [6, 6.07) is 23.1. The van der Waals surface area contributed by atoms with Crippen LogP contribution in [-0.4, -0.2) is 35.0 Å². The molecule has 4 aromatic rings. The standard InChI is InChI=1S/C33H28ClF2N3O3S/c34-24-7-2-3-8-28(24)43-31-27(40)20-33(38-32(31)41,21-11-13-22(14-12-21)39-17-4-1-5-18-39)29-9-6-10-30(37-29)42-23-15-16-25(35)26(36)19-23/h2-3,6-16,19,31H,1,4-5,17-18,20H2,(H,38,41). The summed E-state index contributed by atoms with van der Waals surface area (Å²) in [5.74, 6) is -2.62. The highest BCUT2D eigenvalue weighted by Gasteiger charge is 2.48. The van der Waals surface area contributed by atoms with Gasteiger partial charge < -0.3 is 15.0 Å². The molecule has 3 aromatic carbocycles. The Kier molecular flexibility index (Phi) is 8.36. The Balaban J connectivity index is 1.36. The second-order valence-electron chi connectivity index (χ2n) is 10.6. The molecule has 0 spiro atoms. The van der Waals surface area contributed by atoms with E-state index in [1.54, 1.807) is 42.5 Å². The average Bonchev–Trinajstić information content (AvgIpc) is 3.02. The molecule has 0 radical (unpaired) electrons. The van der Waals surface area contributed by atoms with Gasteiger partial charge in [-0.3, -0.25) is 9.59 Å². The number of pyridine rings is 1. The molecule has 43 heavy (non-hydrogen) atoms. The molecular weight excluding hydrogens is 592 g/mol. The number of carbonyl (C=O) groups is 2. The molecule has 0 saturated carbocycles. The van der Waals surface area contributed by atoms with Crippen LogP contribution in [-0.2, 0) is 15.1 Å². The van der Waals surface area contributed by atoms with Crippen LogP contribution in [0.15, 0.2) is 89.8 Å². The molecule has 1 N–H and O–H groups in total. The average molecular weight is 620 g/mol. The molecule has 10 heteroatoms. The lowest BCUT2D eigenvalue weighted by Crippen LogP contribution is -2.58. The minimum Gasteiger partial charge on any atom is -0.439 e. The minimum atomic E-state index is -1.29. The highest BCUT2D eigenvalue weighted by molar-refractivity contribution is 8.01. The number of carbonyl (C=O) groups excluding carboxylic acids is 2. The molecule has 2 fully saturated rings. The van der Waals surface area contributed by atoms with Crippen LogP contribution in [0.2, 0.25) is 5.02 Å². The van der Waals surface area contributed by atoms with Gasteiger partial charge in [-0.2, -0.15) is 0 Å². The number of halogens is 3. The largest absolute Gasteiger partial charge is 0.439 e. The third kappa shape index (κ3) is 6.10. The van der Waals surface area contributed by atoms with Crippen molar-refractivity contribution >= 4 is 40.7 Å². The Hall–Kier alpha value is -3.95. The zero-order valence-corrected chi connectivity index (χ0v) is 24.6. The van der Waals surface area contributed by atoms with Crippen LogP contribution in [0.5, 0.6) is 11.6 Å². The Morgan fingerprint density at radius 1 is 0.907 bits per heavy atom. The summed E-state index contributed by atoms with van der Waals surface area (Å²) in [6.07, 6.45) is 3.42. The number of nitrogens with zero attached hydrogens (tertiary/aromatic N) is 2. The van der Waals surface area contributed by atoms with Crippen molar-refractivity contribution in [1.82, 2.24) is 10.3 Å². The number of amides is 1. The van der Waals surface area contributed by atoms with Gasteiger partial charge in [-0.05, 0) is 67.3 Å². The van der Waals surface area contributed by atoms with E-state index in [1.807, 2.05) is 24.3 Å². The highest BCUT2D eigenvalue weighted by Crippen LogP contribution is 2.41. The number of nitrogens with one attached hydrogen (secondary N) is 1. The van der Waals surface area contributed by atoms with Crippen LogP contribution < -0.4 is 15.0 Å². The topological polar surface area (TPSA) is 71.5 Å². The Labute approximate surface area is 257 Å². The van der Waals surface area contributed by atoms with Gasteiger partial charge in [0.05, 0.1) is 10.7 Å². The van der Waals surface area contributed by atoms with Crippen molar-refractivity contribution in [2.45, 2.75) is 41.4 Å². The minimum absolute atomic E-state index is 0.0587. The zero-order valence-electron chi connectivity index (χ0n) is 23.1. The smallest absolute Gasteiger partial charge is 0.242 e. The number of ketones is 1. The predicted molar refractivity (Wildman–Crippen MR) is 163 cm³/mol. The molecular formula is C33H28ClF2N3O3S. The fraction of sp³-hybridized carbons (Fsp3) is 0.242. The van der Waals surface area contributed by atoms with Gasteiger partial charge in [-0.25, -0.2) is 13.8 Å². The van der Waals surface area contributed by atoms with E-state index in [4.69, 9.17) is 16.3 Å². The first-order valence-electron chi connectivity index (χ1n) is 14.0. The molecule has 2 aliphatic rings. The number of thioether (sulfide) groups is 1. The predicted octanol–water partition coefficient (Wildman–Crippen LogP) is 7.29. The number of rotatable bonds is 7. The first-order chi connectivity index (χ1) is 20.8. The van der Waals surface area contributed by atoms with Crippen molar-refractivity contribution in [2.24, 2.45) is 0 Å². The summed E-state index contributed by atoms with van der Waals surface area (Å²) in [6.45, 7) is 1.96. The molecule has 3 heterocycles. The van der Waals surface area contributed by atoms with E-state index >= 15 is 0 Å². The van der Waals surface area contributed by atoms with E-state index in [1.165, 1.54) is 12.5 Å². The van der Waals surface area contributed by atoms with E-state index in [0.29, 0.717) is 21.2 Å². The third-order valence-electron chi connectivity index (χ3n) is 7.74. The van der Waals surface area contributed by atoms with Crippen molar-refractivity contribution in [3.8, 4) is 11.6 Å². The van der Waals surface area contributed by atoms with Crippen LogP contribution >= 0.6 is 23.4 Å². The summed E-state index contributed by atoms with van der Waals surface area (Å²) in [5.41, 5.74) is 0.844. The molecule has 0 bridgehead atoms. The van der Waals surface area contributed by atoms with Crippen molar-refractivity contribution in [2.75, 3.05) is 18.0 Å². The molecule has 1 aromatic heterocycles. The second kappa shape index (κ2) is 12.3. The van der Waals surface area contributed by atoms with Crippen LogP contribution in [0.3, 0.4) is 0 Å². The van der Waals surface area contributed by atoms with E-state index in [2.05, 4.69) is 15.2 Å². The number of ether oxygens (including phenoxy) is 1. The monoisotopic (exact) mass is 619 g/mol. The molecule has 2 atom stereocenters. The summed E-state index contributed by atoms with van der Waals surface area (Å²) < 4.78 is 33.0. The van der Waals surface area contributed by atoms with Gasteiger partial charge >= 0.3 is 0 Å². The van der Waals surface area contributed by atoms with Gasteiger partial charge in [0.15, 0.2) is 17.4 Å². The quantitative estimate of drug-likeness (QED) is 0.219. The number of anilines is 1. The van der Waals surface area contributed by atoms with E-state index in [9.17, 15) is 18.4 Å². The molecule has 6 nitrogen and oxygen atoms in total. The highest BCUT2D eigenvalue weighted by atomic mass is 35.5. The first kappa shape index (κ1) is 29.1. The maximum atomic E-state index is 13.8. The summed E-state index contributed by atoms with van der Waals surface area (Å²) >= 11 is 7.45. The number of hydrogen-bond donors (Lipinski definition) is 1. The lowest BCUT2D eigenvalue weighted by molar-refractivity contribution is -0.133. The number of benzene rings is 3. The van der Waals surface area contributed by atoms with Gasteiger partial charge in [0.25, 0.3) is 0 Å². The zero-order chi connectivity index (χ0) is 30.0. The summed E-state index contributed by atoms with van der Waals surface area (Å²) in [4.78, 5) is 35.1. The third-order valence-corrected chi connectivity index (χ3v) is 9.51. The van der Waals surface area contributed by atoms with E-state index < -0.39 is 28.3 Å². The first-order valence-corrected chi connectivity index (χ1v) is 15.3.